The first-order valence-corrected chi connectivity index (χ1v) is 12.5. The second-order valence-corrected chi connectivity index (χ2v) is 9.54. The Morgan fingerprint density at radius 1 is 1.00 bits per heavy atom. The molecule has 0 N–H and O–H groups in total. The van der Waals surface area contributed by atoms with E-state index in [0.29, 0.717) is 6.54 Å². The molecule has 5 rings (SSSR count). The molecule has 0 bridgehead atoms. The summed E-state index contributed by atoms with van der Waals surface area (Å²) in [5.74, 6) is 1.01. The van der Waals surface area contributed by atoms with Gasteiger partial charge in [-0.15, -0.1) is 0 Å². The molecule has 5 heterocycles. The lowest BCUT2D eigenvalue weighted by molar-refractivity contribution is 0.0578. The molecule has 0 saturated carbocycles. The van der Waals surface area contributed by atoms with Gasteiger partial charge in [-0.25, -0.2) is 9.50 Å². The van der Waals surface area contributed by atoms with E-state index in [1.807, 2.05) is 47.2 Å². The van der Waals surface area contributed by atoms with Crippen molar-refractivity contribution >= 4 is 18.1 Å². The van der Waals surface area contributed by atoms with Gasteiger partial charge in [0.15, 0.2) is 0 Å². The molecule has 0 aliphatic carbocycles. The first-order chi connectivity index (χ1) is 17.5. The van der Waals surface area contributed by atoms with E-state index >= 15 is 0 Å². The Kier molecular flexibility index (Phi) is 7.11. The number of nitrogens with zero attached hydrogens (tertiary/aromatic N) is 8. The minimum Gasteiger partial charge on any atom is -0.377 e. The van der Waals surface area contributed by atoms with Crippen molar-refractivity contribution in [2.45, 2.75) is 26.5 Å². The lowest BCUT2D eigenvalue weighted by Crippen LogP contribution is -2.47. The maximum Gasteiger partial charge on any atom is 0.128 e. The molecule has 4 aromatic heterocycles. The number of rotatable bonds is 9. The van der Waals surface area contributed by atoms with Crippen LogP contribution in [0, 0.1) is 0 Å². The third-order valence-corrected chi connectivity index (χ3v) is 6.62. The van der Waals surface area contributed by atoms with Crippen LogP contribution >= 0.6 is 0 Å². The van der Waals surface area contributed by atoms with Crippen molar-refractivity contribution in [2.24, 2.45) is 12.0 Å². The van der Waals surface area contributed by atoms with E-state index in [2.05, 4.69) is 63.8 Å². The number of anilines is 1. The smallest absolute Gasteiger partial charge is 0.128 e. The monoisotopic (exact) mass is 486 g/mol. The third-order valence-electron chi connectivity index (χ3n) is 6.62. The van der Waals surface area contributed by atoms with Gasteiger partial charge in [0.1, 0.15) is 5.82 Å². The highest BCUT2D eigenvalue weighted by atomic mass is 16.5. The van der Waals surface area contributed by atoms with Gasteiger partial charge in [0.25, 0.3) is 0 Å². The number of aromatic nitrogens is 5. The fraction of sp³-hybridized carbons (Fsp3) is 0.407. The second-order valence-electron chi connectivity index (χ2n) is 9.54. The van der Waals surface area contributed by atoms with Crippen LogP contribution in [0.25, 0.3) is 27.8 Å². The standard InChI is InChI=1S/C27H34N8O/c1-20(2)36-12-11-33-7-9-34(10-8-33)26-6-5-21(15-29-26)25-13-22(24-17-30-32(4)18-24)19-35-27(25)23(14-28-3)16-31-35/h5-6,13,15-20H,3,7-12,14H2,1-2,4H3. The molecule has 0 unspecified atom stereocenters. The minimum atomic E-state index is 0.284. The summed E-state index contributed by atoms with van der Waals surface area (Å²) in [6, 6.07) is 6.48. The van der Waals surface area contributed by atoms with Crippen molar-refractivity contribution in [1.82, 2.24) is 29.3 Å². The first-order valence-electron chi connectivity index (χ1n) is 12.5. The van der Waals surface area contributed by atoms with Gasteiger partial charge in [-0.1, -0.05) is 0 Å². The van der Waals surface area contributed by atoms with Gasteiger partial charge in [0.2, 0.25) is 0 Å². The summed E-state index contributed by atoms with van der Waals surface area (Å²) < 4.78 is 9.44. The van der Waals surface area contributed by atoms with Crippen LogP contribution in [-0.4, -0.2) is 81.4 Å². The molecule has 188 valence electrons. The highest BCUT2D eigenvalue weighted by Gasteiger charge is 2.19. The molecule has 36 heavy (non-hydrogen) atoms. The number of pyridine rings is 2. The fourth-order valence-electron chi connectivity index (χ4n) is 4.72. The van der Waals surface area contributed by atoms with E-state index in [1.165, 1.54) is 0 Å². The predicted molar refractivity (Wildman–Crippen MR) is 144 cm³/mol. The van der Waals surface area contributed by atoms with Gasteiger partial charge >= 0.3 is 0 Å². The number of hydrogen-bond acceptors (Lipinski definition) is 7. The number of hydrogen-bond donors (Lipinski definition) is 0. The molecule has 9 heteroatoms. The number of ether oxygens (including phenoxy) is 1. The van der Waals surface area contributed by atoms with Crippen molar-refractivity contribution < 1.29 is 4.74 Å². The molecule has 0 amide bonds. The Bertz CT molecular complexity index is 1320. The van der Waals surface area contributed by atoms with Crippen LogP contribution in [0.5, 0.6) is 0 Å². The molecule has 0 spiro atoms. The van der Waals surface area contributed by atoms with Crippen LogP contribution in [0.4, 0.5) is 5.82 Å². The first kappa shape index (κ1) is 24.1. The molecule has 1 saturated heterocycles. The molecule has 1 fully saturated rings. The van der Waals surface area contributed by atoms with E-state index in [4.69, 9.17) is 9.72 Å². The fourth-order valence-corrected chi connectivity index (χ4v) is 4.72. The zero-order valence-electron chi connectivity index (χ0n) is 21.3. The zero-order valence-corrected chi connectivity index (χ0v) is 21.3. The van der Waals surface area contributed by atoms with Gasteiger partial charge < -0.3 is 9.64 Å². The zero-order chi connectivity index (χ0) is 25.1. The number of aryl methyl sites for hydroxylation is 1. The summed E-state index contributed by atoms with van der Waals surface area (Å²) in [7, 11) is 1.92. The molecule has 4 aromatic rings. The van der Waals surface area contributed by atoms with Gasteiger partial charge in [-0.05, 0) is 38.8 Å². The lowest BCUT2D eigenvalue weighted by Gasteiger charge is -2.35. The highest BCUT2D eigenvalue weighted by Crippen LogP contribution is 2.32. The molecule has 1 aliphatic rings. The largest absolute Gasteiger partial charge is 0.377 e. The summed E-state index contributed by atoms with van der Waals surface area (Å²) in [5.41, 5.74) is 6.28. The van der Waals surface area contributed by atoms with Gasteiger partial charge in [-0.2, -0.15) is 10.2 Å². The molecule has 1 aliphatic heterocycles. The predicted octanol–water partition coefficient (Wildman–Crippen LogP) is 3.54. The maximum absolute atomic E-state index is 5.71. The van der Waals surface area contributed by atoms with Crippen LogP contribution in [0.2, 0.25) is 0 Å². The van der Waals surface area contributed by atoms with Crippen molar-refractivity contribution in [1.29, 1.82) is 0 Å². The van der Waals surface area contributed by atoms with Gasteiger partial charge in [-0.3, -0.25) is 14.6 Å². The number of aliphatic imine (C=N–C) groups is 1. The summed E-state index contributed by atoms with van der Waals surface area (Å²) in [4.78, 5) is 13.8. The molecule has 0 aromatic carbocycles. The van der Waals surface area contributed by atoms with E-state index in [0.717, 1.165) is 78.5 Å². The topological polar surface area (TPSA) is 76.1 Å². The van der Waals surface area contributed by atoms with Gasteiger partial charge in [0.05, 0.1) is 37.2 Å². The second kappa shape index (κ2) is 10.6. The molecular weight excluding hydrogens is 452 g/mol. The summed E-state index contributed by atoms with van der Waals surface area (Å²) in [5, 5.41) is 8.94. The quantitative estimate of drug-likeness (QED) is 0.337. The van der Waals surface area contributed by atoms with Crippen LogP contribution in [0.1, 0.15) is 19.4 Å². The lowest BCUT2D eigenvalue weighted by atomic mass is 10.0. The van der Waals surface area contributed by atoms with Crippen molar-refractivity contribution in [3.05, 3.63) is 54.7 Å². The number of fused-ring (bicyclic) bond motifs is 1. The van der Waals surface area contributed by atoms with E-state index < -0.39 is 0 Å². The van der Waals surface area contributed by atoms with Crippen molar-refractivity contribution in [3.63, 3.8) is 0 Å². The van der Waals surface area contributed by atoms with Crippen molar-refractivity contribution in [2.75, 3.05) is 44.2 Å². The van der Waals surface area contributed by atoms with Crippen LogP contribution < -0.4 is 4.90 Å². The Labute approximate surface area is 212 Å². The Balaban J connectivity index is 1.38. The summed E-state index contributed by atoms with van der Waals surface area (Å²) >= 11 is 0. The molecule has 0 atom stereocenters. The Morgan fingerprint density at radius 2 is 1.83 bits per heavy atom. The Morgan fingerprint density at radius 3 is 2.50 bits per heavy atom. The van der Waals surface area contributed by atoms with E-state index in [1.54, 1.807) is 0 Å². The SMILES string of the molecule is C=NCc1cnn2cc(-c3cnn(C)c3)cc(-c3ccc(N4CCN(CCOC(C)C)CC4)nc3)c12. The van der Waals surface area contributed by atoms with Crippen LogP contribution in [0.3, 0.4) is 0 Å². The van der Waals surface area contributed by atoms with Crippen molar-refractivity contribution in [3.8, 4) is 22.3 Å². The van der Waals surface area contributed by atoms with Crippen LogP contribution in [0.15, 0.2) is 54.2 Å². The van der Waals surface area contributed by atoms with E-state index in [-0.39, 0.29) is 6.10 Å². The molecule has 9 nitrogen and oxygen atoms in total. The maximum atomic E-state index is 5.71. The number of piperazine rings is 1. The highest BCUT2D eigenvalue weighted by molar-refractivity contribution is 5.86. The van der Waals surface area contributed by atoms with Gasteiger partial charge in [0, 0.05) is 86.2 Å². The minimum absolute atomic E-state index is 0.284. The average molecular weight is 487 g/mol. The summed E-state index contributed by atoms with van der Waals surface area (Å²) in [6.07, 6.45) is 10.0. The third kappa shape index (κ3) is 5.17. The van der Waals surface area contributed by atoms with Crippen LogP contribution in [-0.2, 0) is 18.3 Å². The average Bonchev–Trinajstić information content (AvgIpc) is 3.50. The molecular formula is C27H34N8O. The normalized spacial score (nSPS) is 14.7. The van der Waals surface area contributed by atoms with E-state index in [9.17, 15) is 0 Å². The Hall–Kier alpha value is -3.56. The summed E-state index contributed by atoms with van der Waals surface area (Å²) in [6.45, 7) is 14.1. The molecule has 0 radical (unpaired) electrons.